The van der Waals surface area contributed by atoms with Gasteiger partial charge in [0.05, 0.1) is 5.33 Å². The van der Waals surface area contributed by atoms with Crippen molar-refractivity contribution in [3.63, 3.8) is 0 Å². The van der Waals surface area contributed by atoms with Crippen molar-refractivity contribution in [1.29, 1.82) is 0 Å². The molecule has 3 heteroatoms. The van der Waals surface area contributed by atoms with E-state index < -0.39 is 11.3 Å². The number of alkyl halides is 3. The Kier molecular flexibility index (Phi) is 2.62. The first-order valence-corrected chi connectivity index (χ1v) is 3.87. The van der Waals surface area contributed by atoms with Crippen molar-refractivity contribution in [3.05, 3.63) is 0 Å². The van der Waals surface area contributed by atoms with Crippen molar-refractivity contribution >= 4 is 15.9 Å². The van der Waals surface area contributed by atoms with Gasteiger partial charge in [-0.05, 0) is 0 Å². The van der Waals surface area contributed by atoms with E-state index in [1.54, 1.807) is 0 Å². The molecule has 0 heterocycles. The molecule has 0 unspecified atom stereocenters. The van der Waals surface area contributed by atoms with Crippen LogP contribution >= 0.6 is 15.9 Å². The van der Waals surface area contributed by atoms with Gasteiger partial charge in [0, 0.05) is 5.41 Å². The zero-order valence-electron chi connectivity index (χ0n) is 5.84. The molecular formula is C6H11BrF2. The Labute approximate surface area is 62.8 Å². The third-order valence-corrected chi connectivity index (χ3v) is 1.97. The van der Waals surface area contributed by atoms with Crippen LogP contribution in [0.4, 0.5) is 8.78 Å². The van der Waals surface area contributed by atoms with Crippen molar-refractivity contribution in [2.75, 3.05) is 5.33 Å². The molecule has 0 aromatic heterocycles. The Bertz CT molecular complexity index is 93.7. The van der Waals surface area contributed by atoms with Gasteiger partial charge in [-0.15, -0.1) is 0 Å². The van der Waals surface area contributed by atoms with E-state index in [9.17, 15) is 8.78 Å². The van der Waals surface area contributed by atoms with Gasteiger partial charge in [-0.2, -0.15) is 0 Å². The van der Waals surface area contributed by atoms with Gasteiger partial charge >= 0.3 is 0 Å². The summed E-state index contributed by atoms with van der Waals surface area (Å²) < 4.78 is 25.2. The Hall–Kier alpha value is 0.340. The molecule has 0 rings (SSSR count). The summed E-state index contributed by atoms with van der Waals surface area (Å²) >= 11 is 2.76. The van der Waals surface area contributed by atoms with Gasteiger partial charge in [-0.25, -0.2) is 8.78 Å². The summed E-state index contributed by atoms with van der Waals surface area (Å²) in [4.78, 5) is 0. The molecule has 0 aromatic carbocycles. The van der Waals surface area contributed by atoms with Gasteiger partial charge in [0.2, 0.25) is 0 Å². The van der Waals surface area contributed by atoms with Crippen LogP contribution in [0, 0.1) is 5.41 Å². The second-order valence-corrected chi connectivity index (χ2v) is 3.65. The molecular weight excluding hydrogens is 190 g/mol. The Balaban J connectivity index is 4.14. The summed E-state index contributed by atoms with van der Waals surface area (Å²) in [7, 11) is 0. The van der Waals surface area contributed by atoms with Gasteiger partial charge in [0.1, 0.15) is 0 Å². The fourth-order valence-electron chi connectivity index (χ4n) is 0.200. The van der Waals surface area contributed by atoms with E-state index in [0.29, 0.717) is 0 Å². The molecule has 0 atom stereocenters. The Morgan fingerprint density at radius 3 is 1.56 bits per heavy atom. The maximum absolute atomic E-state index is 12.6. The van der Waals surface area contributed by atoms with Crippen LogP contribution in [0.5, 0.6) is 0 Å². The second kappa shape index (κ2) is 2.52. The lowest BCUT2D eigenvalue weighted by atomic mass is 9.89. The molecule has 0 saturated carbocycles. The molecule has 0 spiro atoms. The van der Waals surface area contributed by atoms with E-state index in [-0.39, 0.29) is 5.33 Å². The summed E-state index contributed by atoms with van der Waals surface area (Å²) in [6.07, 6.45) is 0. The molecule has 0 N–H and O–H groups in total. The molecule has 0 amide bonds. The molecule has 0 nitrogen and oxygen atoms in total. The molecule has 0 aliphatic rings. The molecule has 0 aliphatic heterocycles. The summed E-state index contributed by atoms with van der Waals surface area (Å²) in [6, 6.07) is 0. The first-order valence-electron chi connectivity index (χ1n) is 2.75. The van der Waals surface area contributed by atoms with Crippen LogP contribution < -0.4 is 0 Å². The molecule has 0 aliphatic carbocycles. The lowest BCUT2D eigenvalue weighted by Gasteiger charge is -2.28. The van der Waals surface area contributed by atoms with Crippen LogP contribution in [0.15, 0.2) is 0 Å². The highest BCUT2D eigenvalue weighted by Gasteiger charge is 2.41. The molecule has 9 heavy (non-hydrogen) atoms. The fraction of sp³-hybridized carbons (Fsp3) is 1.00. The Morgan fingerprint density at radius 1 is 1.22 bits per heavy atom. The highest BCUT2D eigenvalue weighted by molar-refractivity contribution is 9.09. The number of rotatable bonds is 1. The summed E-state index contributed by atoms with van der Waals surface area (Å²) in [5.74, 6) is -2.60. The van der Waals surface area contributed by atoms with E-state index in [0.717, 1.165) is 0 Å². The van der Waals surface area contributed by atoms with Gasteiger partial charge < -0.3 is 0 Å². The van der Waals surface area contributed by atoms with Gasteiger partial charge in [0.25, 0.3) is 5.92 Å². The highest BCUT2D eigenvalue weighted by atomic mass is 79.9. The van der Waals surface area contributed by atoms with E-state index in [1.165, 1.54) is 20.8 Å². The van der Waals surface area contributed by atoms with Crippen molar-refractivity contribution in [3.8, 4) is 0 Å². The molecule has 0 bridgehead atoms. The SMILES string of the molecule is CC(C)(C)C(F)(F)CBr. The quantitative estimate of drug-likeness (QED) is 0.572. The standard InChI is InChI=1S/C6H11BrF2/c1-5(2,3)6(8,9)4-7/h4H2,1-3H3. The minimum atomic E-state index is -2.60. The summed E-state index contributed by atoms with van der Waals surface area (Å²) in [5, 5.41) is -0.260. The van der Waals surface area contributed by atoms with Crippen LogP contribution in [-0.4, -0.2) is 11.3 Å². The minimum Gasteiger partial charge on any atom is -0.205 e. The van der Waals surface area contributed by atoms with Gasteiger partial charge in [0.15, 0.2) is 0 Å². The molecule has 0 aromatic rings. The number of hydrogen-bond donors (Lipinski definition) is 0. The molecule has 0 saturated heterocycles. The summed E-state index contributed by atoms with van der Waals surface area (Å²) in [5.41, 5.74) is -0.934. The van der Waals surface area contributed by atoms with Crippen molar-refractivity contribution < 1.29 is 8.78 Å². The average Bonchev–Trinajstić information content (AvgIpc) is 1.64. The third-order valence-electron chi connectivity index (χ3n) is 1.27. The normalized spacial score (nSPS) is 14.0. The minimum absolute atomic E-state index is 0.260. The predicted octanol–water partition coefficient (Wildman–Crippen LogP) is 3.06. The van der Waals surface area contributed by atoms with E-state index in [1.807, 2.05) is 0 Å². The predicted molar refractivity (Wildman–Crippen MR) is 38.2 cm³/mol. The fourth-order valence-corrected chi connectivity index (χ4v) is 1.04. The van der Waals surface area contributed by atoms with Crippen LogP contribution in [0.1, 0.15) is 20.8 Å². The van der Waals surface area contributed by atoms with Crippen molar-refractivity contribution in [1.82, 2.24) is 0 Å². The lowest BCUT2D eigenvalue weighted by molar-refractivity contribution is -0.0727. The largest absolute Gasteiger partial charge is 0.262 e. The van der Waals surface area contributed by atoms with Gasteiger partial charge in [-0.1, -0.05) is 36.7 Å². The molecule has 0 fully saturated rings. The summed E-state index contributed by atoms with van der Waals surface area (Å²) in [6.45, 7) is 4.57. The van der Waals surface area contributed by atoms with E-state index in [4.69, 9.17) is 0 Å². The number of hydrogen-bond acceptors (Lipinski definition) is 0. The smallest absolute Gasteiger partial charge is 0.205 e. The monoisotopic (exact) mass is 200 g/mol. The molecule has 56 valence electrons. The van der Waals surface area contributed by atoms with E-state index in [2.05, 4.69) is 15.9 Å². The third kappa shape index (κ3) is 2.20. The van der Waals surface area contributed by atoms with Crippen LogP contribution in [-0.2, 0) is 0 Å². The molecule has 0 radical (unpaired) electrons. The zero-order chi connectivity index (χ0) is 7.71. The number of halogens is 3. The van der Waals surface area contributed by atoms with Gasteiger partial charge in [-0.3, -0.25) is 0 Å². The van der Waals surface area contributed by atoms with Crippen LogP contribution in [0.2, 0.25) is 0 Å². The maximum Gasteiger partial charge on any atom is 0.262 e. The first kappa shape index (κ1) is 9.34. The van der Waals surface area contributed by atoms with Crippen LogP contribution in [0.3, 0.4) is 0 Å². The topological polar surface area (TPSA) is 0 Å². The average molecular weight is 201 g/mol. The van der Waals surface area contributed by atoms with Crippen molar-refractivity contribution in [2.24, 2.45) is 5.41 Å². The second-order valence-electron chi connectivity index (χ2n) is 3.09. The maximum atomic E-state index is 12.6. The zero-order valence-corrected chi connectivity index (χ0v) is 7.43. The van der Waals surface area contributed by atoms with E-state index >= 15 is 0 Å². The first-order chi connectivity index (χ1) is 3.81. The van der Waals surface area contributed by atoms with Crippen molar-refractivity contribution in [2.45, 2.75) is 26.7 Å². The highest BCUT2D eigenvalue weighted by Crippen LogP contribution is 2.36. The Morgan fingerprint density at radius 2 is 1.56 bits per heavy atom. The lowest BCUT2D eigenvalue weighted by Crippen LogP contribution is -2.35. The van der Waals surface area contributed by atoms with Crippen LogP contribution in [0.25, 0.3) is 0 Å².